The Morgan fingerprint density at radius 2 is 1.85 bits per heavy atom. The van der Waals surface area contributed by atoms with Crippen LogP contribution in [-0.4, -0.2) is 47.9 Å². The fraction of sp³-hybridized carbons (Fsp3) is 0.519. The van der Waals surface area contributed by atoms with Gasteiger partial charge in [0.15, 0.2) is 0 Å². The molecule has 1 aliphatic carbocycles. The van der Waals surface area contributed by atoms with Crippen LogP contribution in [0, 0.1) is 6.92 Å². The van der Waals surface area contributed by atoms with Crippen molar-refractivity contribution >= 4 is 11.8 Å². The number of amides is 2. The Kier molecular flexibility index (Phi) is 7.63. The lowest BCUT2D eigenvalue weighted by atomic mass is 9.92. The summed E-state index contributed by atoms with van der Waals surface area (Å²) >= 11 is 0. The van der Waals surface area contributed by atoms with E-state index in [9.17, 15) is 9.59 Å². The van der Waals surface area contributed by atoms with Crippen LogP contribution in [0.3, 0.4) is 0 Å². The number of benzene rings is 1. The van der Waals surface area contributed by atoms with Gasteiger partial charge in [0.1, 0.15) is 5.75 Å². The van der Waals surface area contributed by atoms with Gasteiger partial charge in [-0.05, 0) is 68.4 Å². The average Bonchev–Trinajstić information content (AvgIpc) is 3.36. The van der Waals surface area contributed by atoms with Gasteiger partial charge < -0.3 is 15.0 Å². The molecule has 176 valence electrons. The van der Waals surface area contributed by atoms with Crippen LogP contribution in [0.25, 0.3) is 0 Å². The van der Waals surface area contributed by atoms with Gasteiger partial charge in [-0.2, -0.15) is 0 Å². The van der Waals surface area contributed by atoms with E-state index < -0.39 is 0 Å². The summed E-state index contributed by atoms with van der Waals surface area (Å²) in [6, 6.07) is 10.3. The zero-order chi connectivity index (χ0) is 23.2. The molecule has 2 aliphatic rings. The molecular formula is C27H35N3O3. The van der Waals surface area contributed by atoms with Gasteiger partial charge in [0, 0.05) is 43.4 Å². The number of methoxy groups -OCH3 is 1. The van der Waals surface area contributed by atoms with E-state index in [2.05, 4.69) is 16.4 Å². The number of ether oxygens (including phenoxy) is 1. The minimum atomic E-state index is -0.0200. The molecule has 1 N–H and O–H groups in total. The Morgan fingerprint density at radius 1 is 1.09 bits per heavy atom. The molecule has 0 atom stereocenters. The Balaban J connectivity index is 1.23. The predicted octanol–water partition coefficient (Wildman–Crippen LogP) is 4.41. The van der Waals surface area contributed by atoms with Crippen LogP contribution in [-0.2, 0) is 11.2 Å². The van der Waals surface area contributed by atoms with Crippen molar-refractivity contribution in [1.29, 1.82) is 0 Å². The van der Waals surface area contributed by atoms with E-state index in [1.54, 1.807) is 13.3 Å². The molecule has 33 heavy (non-hydrogen) atoms. The first-order valence-electron chi connectivity index (χ1n) is 12.2. The highest BCUT2D eigenvalue weighted by molar-refractivity contribution is 5.94. The highest BCUT2D eigenvalue weighted by Crippen LogP contribution is 2.27. The number of carbonyl (C=O) groups excluding carboxylic acids is 2. The molecule has 0 spiro atoms. The van der Waals surface area contributed by atoms with Crippen LogP contribution >= 0.6 is 0 Å². The lowest BCUT2D eigenvalue weighted by Crippen LogP contribution is -2.38. The number of aromatic nitrogens is 1. The lowest BCUT2D eigenvalue weighted by Gasteiger charge is -2.32. The Labute approximate surface area is 196 Å². The first kappa shape index (κ1) is 23.3. The molecular weight excluding hydrogens is 414 g/mol. The quantitative estimate of drug-likeness (QED) is 0.680. The molecule has 0 unspecified atom stereocenters. The second-order valence-electron chi connectivity index (χ2n) is 9.39. The zero-order valence-electron chi connectivity index (χ0n) is 19.8. The van der Waals surface area contributed by atoms with E-state index in [1.807, 2.05) is 36.1 Å². The summed E-state index contributed by atoms with van der Waals surface area (Å²) in [6.45, 7) is 3.55. The summed E-state index contributed by atoms with van der Waals surface area (Å²) < 4.78 is 5.31. The van der Waals surface area contributed by atoms with E-state index in [1.165, 1.54) is 12.8 Å². The predicted molar refractivity (Wildman–Crippen MR) is 129 cm³/mol. The van der Waals surface area contributed by atoms with Crippen molar-refractivity contribution in [1.82, 2.24) is 15.2 Å². The van der Waals surface area contributed by atoms with Crippen molar-refractivity contribution < 1.29 is 14.3 Å². The van der Waals surface area contributed by atoms with E-state index >= 15 is 0 Å². The summed E-state index contributed by atoms with van der Waals surface area (Å²) in [5.41, 5.74) is 3.91. The molecule has 0 bridgehead atoms. The van der Waals surface area contributed by atoms with Crippen LogP contribution in [0.2, 0.25) is 0 Å². The number of piperidine rings is 1. The highest BCUT2D eigenvalue weighted by atomic mass is 16.5. The van der Waals surface area contributed by atoms with Crippen LogP contribution in [0.4, 0.5) is 0 Å². The van der Waals surface area contributed by atoms with Gasteiger partial charge in [0.2, 0.25) is 5.91 Å². The number of aryl methyl sites for hydroxylation is 2. The van der Waals surface area contributed by atoms with Crippen molar-refractivity contribution in [2.45, 2.75) is 70.3 Å². The second-order valence-corrected chi connectivity index (χ2v) is 9.39. The van der Waals surface area contributed by atoms with Crippen LogP contribution in [0.1, 0.15) is 78.0 Å². The molecule has 1 saturated heterocycles. The summed E-state index contributed by atoms with van der Waals surface area (Å²) in [5.74, 6) is 1.41. The SMILES string of the molecule is COc1ccc(CCC(=O)N2CCC(c3ccc(C(=O)NC4CCCC4)cn3)CC2)cc1C. The zero-order valence-corrected chi connectivity index (χ0v) is 19.8. The van der Waals surface area contributed by atoms with Crippen LogP contribution in [0.5, 0.6) is 5.75 Å². The minimum Gasteiger partial charge on any atom is -0.496 e. The fourth-order valence-electron chi connectivity index (χ4n) is 5.05. The number of likely N-dealkylation sites (tertiary alicyclic amines) is 1. The summed E-state index contributed by atoms with van der Waals surface area (Å²) in [5, 5.41) is 3.12. The molecule has 6 nitrogen and oxygen atoms in total. The molecule has 1 saturated carbocycles. The molecule has 4 rings (SSSR count). The van der Waals surface area contributed by atoms with Gasteiger partial charge in [-0.1, -0.05) is 25.0 Å². The number of pyridine rings is 1. The smallest absolute Gasteiger partial charge is 0.253 e. The third kappa shape index (κ3) is 5.92. The van der Waals surface area contributed by atoms with Crippen molar-refractivity contribution in [3.8, 4) is 5.75 Å². The molecule has 1 aromatic heterocycles. The second kappa shape index (κ2) is 10.8. The Morgan fingerprint density at radius 3 is 2.48 bits per heavy atom. The van der Waals surface area contributed by atoms with E-state index in [0.717, 1.165) is 67.8 Å². The molecule has 2 aromatic rings. The van der Waals surface area contributed by atoms with Gasteiger partial charge in [-0.25, -0.2) is 0 Å². The molecule has 0 radical (unpaired) electrons. The molecule has 6 heteroatoms. The summed E-state index contributed by atoms with van der Waals surface area (Å²) in [6.07, 6.45) is 9.35. The molecule has 2 fully saturated rings. The monoisotopic (exact) mass is 449 g/mol. The first-order valence-corrected chi connectivity index (χ1v) is 12.2. The topological polar surface area (TPSA) is 71.5 Å². The molecule has 2 amide bonds. The maximum absolute atomic E-state index is 12.7. The van der Waals surface area contributed by atoms with Crippen molar-refractivity contribution in [2.75, 3.05) is 20.2 Å². The normalized spacial score (nSPS) is 17.2. The maximum atomic E-state index is 12.7. The van der Waals surface area contributed by atoms with Crippen molar-refractivity contribution in [3.05, 3.63) is 58.9 Å². The third-order valence-corrected chi connectivity index (χ3v) is 7.09. The Hall–Kier alpha value is -2.89. The maximum Gasteiger partial charge on any atom is 0.253 e. The van der Waals surface area contributed by atoms with E-state index in [0.29, 0.717) is 23.9 Å². The number of hydrogen-bond acceptors (Lipinski definition) is 4. The van der Waals surface area contributed by atoms with E-state index in [4.69, 9.17) is 4.74 Å². The van der Waals surface area contributed by atoms with Crippen LogP contribution < -0.4 is 10.1 Å². The number of nitrogens with zero attached hydrogens (tertiary/aromatic N) is 2. The summed E-state index contributed by atoms with van der Waals surface area (Å²) in [4.78, 5) is 31.7. The van der Waals surface area contributed by atoms with Gasteiger partial charge in [0.25, 0.3) is 5.91 Å². The number of hydrogen-bond donors (Lipinski definition) is 1. The van der Waals surface area contributed by atoms with Crippen molar-refractivity contribution in [3.63, 3.8) is 0 Å². The van der Waals surface area contributed by atoms with Gasteiger partial charge in [-0.3, -0.25) is 14.6 Å². The molecule has 2 heterocycles. The minimum absolute atomic E-state index is 0.0200. The largest absolute Gasteiger partial charge is 0.496 e. The van der Waals surface area contributed by atoms with Gasteiger partial charge >= 0.3 is 0 Å². The first-order chi connectivity index (χ1) is 16.0. The van der Waals surface area contributed by atoms with Gasteiger partial charge in [0.05, 0.1) is 12.7 Å². The molecule has 1 aliphatic heterocycles. The number of rotatable bonds is 7. The van der Waals surface area contributed by atoms with Gasteiger partial charge in [-0.15, -0.1) is 0 Å². The lowest BCUT2D eigenvalue weighted by molar-refractivity contribution is -0.132. The Bertz CT molecular complexity index is 959. The standard InChI is InChI=1S/C27H35N3O3/c1-19-17-20(7-11-25(19)33-2)8-12-26(31)30-15-13-21(14-16-30)24-10-9-22(18-28-24)27(32)29-23-5-3-4-6-23/h7,9-11,17-18,21,23H,3-6,8,12-16H2,1-2H3,(H,29,32). The highest BCUT2D eigenvalue weighted by Gasteiger charge is 2.25. The average molecular weight is 450 g/mol. The molecule has 1 aromatic carbocycles. The number of carbonyl (C=O) groups is 2. The van der Waals surface area contributed by atoms with Crippen molar-refractivity contribution in [2.24, 2.45) is 0 Å². The third-order valence-electron chi connectivity index (χ3n) is 7.09. The summed E-state index contributed by atoms with van der Waals surface area (Å²) in [7, 11) is 1.67. The number of nitrogens with one attached hydrogen (secondary N) is 1. The fourth-order valence-corrected chi connectivity index (χ4v) is 5.05. The van der Waals surface area contributed by atoms with Crippen LogP contribution in [0.15, 0.2) is 36.5 Å². The van der Waals surface area contributed by atoms with E-state index in [-0.39, 0.29) is 11.8 Å².